The maximum Gasteiger partial charge on any atom is 0.238 e. The van der Waals surface area contributed by atoms with Crippen LogP contribution in [-0.4, -0.2) is 33.2 Å². The van der Waals surface area contributed by atoms with Gasteiger partial charge in [-0.3, -0.25) is 4.57 Å². The highest BCUT2D eigenvalue weighted by molar-refractivity contribution is 6.24. The average molecular weight is 970 g/mol. The minimum atomic E-state index is 0.530. The van der Waals surface area contributed by atoms with Gasteiger partial charge in [-0.15, -0.1) is 0 Å². The van der Waals surface area contributed by atoms with Gasteiger partial charge in [0.15, 0.2) is 11.6 Å². The molecule has 0 amide bonds. The van der Waals surface area contributed by atoms with E-state index >= 15 is 0 Å². The van der Waals surface area contributed by atoms with Crippen LogP contribution in [0.2, 0.25) is 0 Å². The molecule has 0 unspecified atom stereocenters. The van der Waals surface area contributed by atoms with Crippen molar-refractivity contribution in [1.29, 1.82) is 0 Å². The fourth-order valence-corrected chi connectivity index (χ4v) is 12.1. The zero-order valence-electron chi connectivity index (χ0n) is 41.0. The molecule has 0 spiro atoms. The van der Waals surface area contributed by atoms with E-state index in [1.54, 1.807) is 0 Å². The van der Waals surface area contributed by atoms with Crippen LogP contribution in [0.5, 0.6) is 0 Å². The largest absolute Gasteiger partial charge is 0.309 e. The first kappa shape index (κ1) is 42.2. The molecule has 7 heteroatoms. The third-order valence-corrected chi connectivity index (χ3v) is 15.4. The van der Waals surface area contributed by atoms with E-state index in [0.717, 1.165) is 105 Å². The Morgan fingerprint density at radius 3 is 1.17 bits per heavy atom. The smallest absolute Gasteiger partial charge is 0.238 e. The number of hydrogen-bond donors (Lipinski definition) is 0. The summed E-state index contributed by atoms with van der Waals surface area (Å²) in [6.07, 6.45) is 0. The summed E-state index contributed by atoms with van der Waals surface area (Å²) in [5.41, 5.74) is 16.1. The standard InChI is InChI=1S/C69H43N7/c1-3-18-44(19-4-1)47-22-17-23-49(42-47)75-63-33-16-11-28-55(63)56-39-40-57-58-43-50(74-61-31-14-9-26-53(61)54-27-10-15-32-62(54)74)38-41-64(58)76(66(57)65(56)75)69-71-67(45-20-5-2-6-21-45)70-68(72-69)46-34-36-48(37-35-46)73-59-29-12-7-24-51(59)52-25-8-13-30-60(52)73/h1-43H. The summed E-state index contributed by atoms with van der Waals surface area (Å²) in [7, 11) is 0. The summed E-state index contributed by atoms with van der Waals surface area (Å²) < 4.78 is 9.48. The Morgan fingerprint density at radius 2 is 0.605 bits per heavy atom. The molecule has 0 aliphatic heterocycles. The number of rotatable bonds is 7. The van der Waals surface area contributed by atoms with Crippen molar-refractivity contribution < 1.29 is 0 Å². The number of para-hydroxylation sites is 5. The third-order valence-electron chi connectivity index (χ3n) is 15.4. The van der Waals surface area contributed by atoms with Crippen molar-refractivity contribution in [1.82, 2.24) is 33.2 Å². The molecule has 7 nitrogen and oxygen atoms in total. The van der Waals surface area contributed by atoms with Crippen LogP contribution in [0.15, 0.2) is 261 Å². The van der Waals surface area contributed by atoms with Crippen molar-refractivity contribution in [2.75, 3.05) is 0 Å². The van der Waals surface area contributed by atoms with Gasteiger partial charge in [0.05, 0.1) is 44.1 Å². The van der Waals surface area contributed by atoms with Crippen LogP contribution in [0.3, 0.4) is 0 Å². The second kappa shape index (κ2) is 16.6. The molecule has 5 aromatic heterocycles. The molecule has 0 fully saturated rings. The van der Waals surface area contributed by atoms with Crippen LogP contribution < -0.4 is 0 Å². The number of nitrogens with zero attached hydrogens (tertiary/aromatic N) is 7. The predicted molar refractivity (Wildman–Crippen MR) is 313 cm³/mol. The lowest BCUT2D eigenvalue weighted by Gasteiger charge is -2.14. The third kappa shape index (κ3) is 6.33. The van der Waals surface area contributed by atoms with E-state index < -0.39 is 0 Å². The Kier molecular flexibility index (Phi) is 9.20. The fourth-order valence-electron chi connectivity index (χ4n) is 12.1. The molecular formula is C69H43N7. The quantitative estimate of drug-likeness (QED) is 0.160. The highest BCUT2D eigenvalue weighted by Gasteiger charge is 2.25. The first-order chi connectivity index (χ1) is 37.7. The molecular weight excluding hydrogens is 927 g/mol. The number of benzene rings is 11. The first-order valence-corrected chi connectivity index (χ1v) is 25.8. The normalized spacial score (nSPS) is 11.9. The molecule has 0 bridgehead atoms. The van der Waals surface area contributed by atoms with E-state index in [4.69, 9.17) is 15.0 Å². The van der Waals surface area contributed by atoms with Gasteiger partial charge in [0.2, 0.25) is 5.95 Å². The van der Waals surface area contributed by atoms with Gasteiger partial charge in [-0.25, -0.2) is 4.98 Å². The second-order valence-corrected chi connectivity index (χ2v) is 19.6. The van der Waals surface area contributed by atoms with Crippen molar-refractivity contribution >= 4 is 87.2 Å². The predicted octanol–water partition coefficient (Wildman–Crippen LogP) is 17.3. The summed E-state index contributed by atoms with van der Waals surface area (Å²) in [5.74, 6) is 1.70. The van der Waals surface area contributed by atoms with E-state index in [-0.39, 0.29) is 0 Å². The van der Waals surface area contributed by atoms with Crippen LogP contribution in [-0.2, 0) is 0 Å². The summed E-state index contributed by atoms with van der Waals surface area (Å²) in [6.45, 7) is 0. The van der Waals surface area contributed by atoms with Gasteiger partial charge >= 0.3 is 0 Å². The summed E-state index contributed by atoms with van der Waals surface area (Å²) in [6, 6.07) is 93.3. The second-order valence-electron chi connectivity index (χ2n) is 19.6. The van der Waals surface area contributed by atoms with Gasteiger partial charge in [-0.1, -0.05) is 176 Å². The molecule has 354 valence electrons. The molecule has 5 heterocycles. The minimum absolute atomic E-state index is 0.530. The summed E-state index contributed by atoms with van der Waals surface area (Å²) in [5, 5.41) is 9.37. The van der Waals surface area contributed by atoms with Crippen LogP contribution in [0.25, 0.3) is 144 Å². The van der Waals surface area contributed by atoms with Crippen molar-refractivity contribution in [3.05, 3.63) is 261 Å². The monoisotopic (exact) mass is 969 g/mol. The number of aromatic nitrogens is 7. The molecule has 0 aliphatic carbocycles. The van der Waals surface area contributed by atoms with Gasteiger partial charge < -0.3 is 13.7 Å². The Bertz CT molecular complexity index is 4870. The van der Waals surface area contributed by atoms with Gasteiger partial charge in [0.1, 0.15) is 0 Å². The van der Waals surface area contributed by atoms with Gasteiger partial charge in [0.25, 0.3) is 0 Å². The van der Waals surface area contributed by atoms with E-state index in [2.05, 4.69) is 261 Å². The molecule has 16 rings (SSSR count). The van der Waals surface area contributed by atoms with Crippen LogP contribution in [0.1, 0.15) is 0 Å². The van der Waals surface area contributed by atoms with Gasteiger partial charge in [-0.2, -0.15) is 9.97 Å². The lowest BCUT2D eigenvalue weighted by molar-refractivity contribution is 0.953. The molecule has 0 N–H and O–H groups in total. The van der Waals surface area contributed by atoms with Crippen LogP contribution in [0.4, 0.5) is 0 Å². The SMILES string of the molecule is c1ccc(-c2cccc(-n3c4ccccc4c4ccc5c6cc(-n7c8ccccc8c8ccccc87)ccc6n(-c6nc(-c7ccccc7)nc(-c7ccc(-n8c9ccccc9c9ccccc98)cc7)n6)c5c43)c2)cc1. The highest BCUT2D eigenvalue weighted by Crippen LogP contribution is 2.44. The van der Waals surface area contributed by atoms with Crippen molar-refractivity contribution in [2.45, 2.75) is 0 Å². The Labute approximate surface area is 436 Å². The Balaban J connectivity index is 0.990. The molecule has 0 aliphatic rings. The molecule has 16 aromatic rings. The number of hydrogen-bond acceptors (Lipinski definition) is 3. The van der Waals surface area contributed by atoms with E-state index in [0.29, 0.717) is 17.6 Å². The zero-order chi connectivity index (χ0) is 49.8. The van der Waals surface area contributed by atoms with Crippen LogP contribution >= 0.6 is 0 Å². The van der Waals surface area contributed by atoms with E-state index in [1.165, 1.54) is 21.5 Å². The molecule has 11 aromatic carbocycles. The molecule has 0 atom stereocenters. The first-order valence-electron chi connectivity index (χ1n) is 25.8. The maximum atomic E-state index is 5.55. The van der Waals surface area contributed by atoms with Gasteiger partial charge in [0, 0.05) is 71.3 Å². The topological polar surface area (TPSA) is 58.4 Å². The fraction of sp³-hybridized carbons (Fsp3) is 0. The van der Waals surface area contributed by atoms with Crippen molar-refractivity contribution in [2.24, 2.45) is 0 Å². The maximum absolute atomic E-state index is 5.55. The Morgan fingerprint density at radius 1 is 0.211 bits per heavy atom. The van der Waals surface area contributed by atoms with E-state index in [1.807, 2.05) is 18.2 Å². The van der Waals surface area contributed by atoms with Gasteiger partial charge in [-0.05, 0) is 96.1 Å². The molecule has 0 saturated carbocycles. The van der Waals surface area contributed by atoms with Crippen molar-refractivity contribution in [3.63, 3.8) is 0 Å². The van der Waals surface area contributed by atoms with Crippen LogP contribution in [0, 0.1) is 0 Å². The Hall–Kier alpha value is -10.4. The lowest BCUT2D eigenvalue weighted by Crippen LogP contribution is -2.07. The highest BCUT2D eigenvalue weighted by atomic mass is 15.2. The van der Waals surface area contributed by atoms with Crippen molar-refractivity contribution in [3.8, 4) is 56.9 Å². The molecule has 0 radical (unpaired) electrons. The summed E-state index contributed by atoms with van der Waals surface area (Å²) >= 11 is 0. The molecule has 76 heavy (non-hydrogen) atoms. The molecule has 0 saturated heterocycles. The zero-order valence-corrected chi connectivity index (χ0v) is 41.0. The summed E-state index contributed by atoms with van der Waals surface area (Å²) in [4.78, 5) is 16.3. The lowest BCUT2D eigenvalue weighted by atomic mass is 10.1. The van der Waals surface area contributed by atoms with E-state index in [9.17, 15) is 0 Å². The minimum Gasteiger partial charge on any atom is -0.309 e. The average Bonchev–Trinajstić information content (AvgIpc) is 4.30. The number of fused-ring (bicyclic) bond motifs is 13.